The van der Waals surface area contributed by atoms with Crippen molar-refractivity contribution < 1.29 is 39.2 Å². The van der Waals surface area contributed by atoms with Gasteiger partial charge in [0.1, 0.15) is 5.75 Å². The summed E-state index contributed by atoms with van der Waals surface area (Å²) in [4.78, 5) is 50.7. The zero-order valence-corrected chi connectivity index (χ0v) is 25.9. The molecule has 0 saturated heterocycles. The van der Waals surface area contributed by atoms with E-state index in [4.69, 9.17) is 9.47 Å². The molecule has 234 valence electrons. The Bertz CT molecular complexity index is 1490. The van der Waals surface area contributed by atoms with Gasteiger partial charge in [-0.05, 0) is 81.5 Å². The fourth-order valence-electron chi connectivity index (χ4n) is 5.08. The van der Waals surface area contributed by atoms with Gasteiger partial charge in [-0.25, -0.2) is 0 Å². The van der Waals surface area contributed by atoms with Crippen molar-refractivity contribution in [3.8, 4) is 5.75 Å². The molecule has 1 amide bonds. The molecule has 3 aromatic carbocycles. The van der Waals surface area contributed by atoms with E-state index < -0.39 is 22.8 Å². The Morgan fingerprint density at radius 3 is 2.05 bits per heavy atom. The molecule has 9 heteroatoms. The summed E-state index contributed by atoms with van der Waals surface area (Å²) in [5.41, 5.74) is 1.27. The first-order valence-electron chi connectivity index (χ1n) is 14.1. The van der Waals surface area contributed by atoms with Gasteiger partial charge in [0.05, 0.1) is 30.1 Å². The van der Waals surface area contributed by atoms with Crippen LogP contribution in [0.15, 0.2) is 79.4 Å². The number of hydrogen-bond donors (Lipinski definition) is 2. The molecule has 0 heterocycles. The van der Waals surface area contributed by atoms with E-state index in [9.17, 15) is 24.3 Å². The van der Waals surface area contributed by atoms with Crippen LogP contribution in [0, 0.1) is 10.8 Å². The first-order chi connectivity index (χ1) is 20.3. The van der Waals surface area contributed by atoms with Crippen LogP contribution >= 0.6 is 0 Å². The van der Waals surface area contributed by atoms with E-state index in [1.54, 1.807) is 88.4 Å². The molecule has 0 bridgehead atoms. The van der Waals surface area contributed by atoms with Gasteiger partial charge in [0.25, 0.3) is 0 Å². The van der Waals surface area contributed by atoms with Crippen molar-refractivity contribution in [2.45, 2.75) is 47.0 Å². The first kappa shape index (κ1) is 35.4. The van der Waals surface area contributed by atoms with E-state index in [2.05, 4.69) is 11.9 Å². The number of hydrogen-bond acceptors (Lipinski definition) is 7. The lowest BCUT2D eigenvalue weighted by molar-refractivity contribution is -0.161. The minimum Gasteiger partial charge on any atom is -0.507 e. The van der Waals surface area contributed by atoms with Gasteiger partial charge in [0, 0.05) is 17.7 Å². The monoisotopic (exact) mass is 603 g/mol. The van der Waals surface area contributed by atoms with Crippen molar-refractivity contribution in [3.63, 3.8) is 0 Å². The molecule has 3 aromatic rings. The van der Waals surface area contributed by atoms with Crippen LogP contribution in [0.3, 0.4) is 0 Å². The summed E-state index contributed by atoms with van der Waals surface area (Å²) < 4.78 is 10.2. The Labute approximate surface area is 258 Å². The molecule has 0 radical (unpaired) electrons. The lowest BCUT2D eigenvalue weighted by atomic mass is 9.71. The number of nitrogens with one attached hydrogen (secondary N) is 1. The van der Waals surface area contributed by atoms with E-state index >= 15 is 0 Å². The second-order valence-corrected chi connectivity index (χ2v) is 11.4. The van der Waals surface area contributed by atoms with Crippen molar-refractivity contribution in [1.29, 1.82) is 0 Å². The lowest BCUT2D eigenvalue weighted by Gasteiger charge is -2.34. The summed E-state index contributed by atoms with van der Waals surface area (Å²) in [5, 5.41) is 13.4. The number of carbonyl (C=O) groups is 4. The quantitative estimate of drug-likeness (QED) is 0.187. The SMILES string of the molecule is C=C(c1ccc(NC(=O)CCC(C)(CC(C)(C)C(=O)OC)C(=O)OCC)cc1)c1ccc(C(=O)c2ccccc2)c(O)c1.O. The lowest BCUT2D eigenvalue weighted by Crippen LogP contribution is -2.39. The molecule has 3 rings (SSSR count). The minimum atomic E-state index is -1.07. The predicted molar refractivity (Wildman–Crippen MR) is 169 cm³/mol. The van der Waals surface area contributed by atoms with Crippen LogP contribution in [0.1, 0.15) is 74.0 Å². The smallest absolute Gasteiger partial charge is 0.311 e. The maximum Gasteiger partial charge on any atom is 0.311 e. The van der Waals surface area contributed by atoms with Crippen molar-refractivity contribution >= 4 is 34.9 Å². The molecule has 0 spiro atoms. The van der Waals surface area contributed by atoms with Crippen LogP contribution < -0.4 is 5.32 Å². The third kappa shape index (κ3) is 8.64. The van der Waals surface area contributed by atoms with Crippen LogP contribution in [0.5, 0.6) is 5.75 Å². The average molecular weight is 604 g/mol. The number of anilines is 1. The molecule has 1 unspecified atom stereocenters. The van der Waals surface area contributed by atoms with Crippen LogP contribution in [-0.2, 0) is 23.9 Å². The summed E-state index contributed by atoms with van der Waals surface area (Å²) in [6.07, 6.45) is 0.375. The summed E-state index contributed by atoms with van der Waals surface area (Å²) >= 11 is 0. The standard InChI is InChI=1S/C35H39NO7.H2O/c1-7-43-33(41)35(5,22-34(3,4)32(40)42-6)20-19-30(38)36-27-16-13-24(14-17-27)23(2)26-15-18-28(29(37)21-26)31(39)25-11-9-8-10-12-25;/h8-18,21,37H,2,7,19-20,22H2,1,3-6H3,(H,36,38);1H2. The number of amides is 1. The van der Waals surface area contributed by atoms with Crippen LogP contribution in [-0.4, -0.2) is 47.9 Å². The molecule has 0 aliphatic rings. The van der Waals surface area contributed by atoms with E-state index in [0.29, 0.717) is 22.4 Å². The number of phenolic OH excluding ortho intramolecular Hbond substituents is 1. The molecular formula is C35H41NO8. The number of ketones is 1. The minimum absolute atomic E-state index is 0. The Morgan fingerprint density at radius 2 is 1.48 bits per heavy atom. The van der Waals surface area contributed by atoms with Gasteiger partial charge in [-0.2, -0.15) is 0 Å². The maximum atomic E-state index is 12.8. The van der Waals surface area contributed by atoms with E-state index in [1.807, 2.05) is 6.07 Å². The highest BCUT2D eigenvalue weighted by Gasteiger charge is 2.43. The van der Waals surface area contributed by atoms with E-state index in [0.717, 1.165) is 5.56 Å². The number of benzene rings is 3. The molecule has 0 aliphatic carbocycles. The Hall–Kier alpha value is -4.76. The second-order valence-electron chi connectivity index (χ2n) is 11.4. The molecule has 0 aliphatic heterocycles. The number of carbonyl (C=O) groups excluding carboxylic acids is 4. The average Bonchev–Trinajstić information content (AvgIpc) is 2.99. The molecule has 0 saturated carbocycles. The van der Waals surface area contributed by atoms with Gasteiger partial charge in [0.2, 0.25) is 5.91 Å². The molecule has 0 fully saturated rings. The number of phenols is 1. The van der Waals surface area contributed by atoms with E-state index in [1.165, 1.54) is 13.2 Å². The largest absolute Gasteiger partial charge is 0.507 e. The topological polar surface area (TPSA) is 150 Å². The van der Waals surface area contributed by atoms with Gasteiger partial charge in [-0.1, -0.05) is 55.1 Å². The molecule has 4 N–H and O–H groups in total. The van der Waals surface area contributed by atoms with E-state index in [-0.39, 0.29) is 54.3 Å². The summed E-state index contributed by atoms with van der Waals surface area (Å²) in [6, 6.07) is 20.6. The van der Waals surface area contributed by atoms with Crippen molar-refractivity contribution in [2.75, 3.05) is 19.0 Å². The van der Waals surface area contributed by atoms with Gasteiger partial charge < -0.3 is 25.4 Å². The third-order valence-corrected chi connectivity index (χ3v) is 7.39. The predicted octanol–water partition coefficient (Wildman–Crippen LogP) is 5.74. The highest BCUT2D eigenvalue weighted by atomic mass is 16.5. The Kier molecular flexibility index (Phi) is 12.2. The number of esters is 2. The highest BCUT2D eigenvalue weighted by molar-refractivity contribution is 6.10. The molecule has 0 aromatic heterocycles. The van der Waals surface area contributed by atoms with Crippen molar-refractivity contribution in [1.82, 2.24) is 0 Å². The number of rotatable bonds is 13. The second kappa shape index (κ2) is 15.1. The zero-order chi connectivity index (χ0) is 31.8. The summed E-state index contributed by atoms with van der Waals surface area (Å²) in [5.74, 6) is -1.61. The molecule has 1 atom stereocenters. The normalized spacial score (nSPS) is 12.2. The zero-order valence-electron chi connectivity index (χ0n) is 25.9. The number of methoxy groups -OCH3 is 1. The van der Waals surface area contributed by atoms with Crippen molar-refractivity contribution in [2.24, 2.45) is 10.8 Å². The van der Waals surface area contributed by atoms with Crippen LogP contribution in [0.25, 0.3) is 5.57 Å². The number of aromatic hydroxyl groups is 1. The van der Waals surface area contributed by atoms with Crippen LogP contribution in [0.2, 0.25) is 0 Å². The van der Waals surface area contributed by atoms with Gasteiger partial charge in [0.15, 0.2) is 5.78 Å². The Balaban J connectivity index is 0.00000675. The summed E-state index contributed by atoms with van der Waals surface area (Å²) in [6.45, 7) is 11.1. The molecule has 9 nitrogen and oxygen atoms in total. The fraction of sp³-hybridized carbons (Fsp3) is 0.314. The molecule has 44 heavy (non-hydrogen) atoms. The van der Waals surface area contributed by atoms with Crippen molar-refractivity contribution in [3.05, 3.63) is 102 Å². The fourth-order valence-corrected chi connectivity index (χ4v) is 5.08. The van der Waals surface area contributed by atoms with Gasteiger partial charge in [-0.15, -0.1) is 0 Å². The summed E-state index contributed by atoms with van der Waals surface area (Å²) in [7, 11) is 1.30. The third-order valence-electron chi connectivity index (χ3n) is 7.39. The van der Waals surface area contributed by atoms with Gasteiger partial charge in [-0.3, -0.25) is 19.2 Å². The molecular weight excluding hydrogens is 562 g/mol. The maximum absolute atomic E-state index is 12.8. The first-order valence-corrected chi connectivity index (χ1v) is 14.1. The van der Waals surface area contributed by atoms with Gasteiger partial charge >= 0.3 is 11.9 Å². The number of ether oxygens (including phenoxy) is 2. The Morgan fingerprint density at radius 1 is 0.864 bits per heavy atom. The van der Waals surface area contributed by atoms with Crippen LogP contribution in [0.4, 0.5) is 5.69 Å². The highest BCUT2D eigenvalue weighted by Crippen LogP contribution is 2.39.